The Morgan fingerprint density at radius 3 is 2.52 bits per heavy atom. The highest BCUT2D eigenvalue weighted by atomic mass is 16.4. The SMILES string of the molecule is NC(Cc1ccc(C(=O)O)cc1)=NCCCN1CCCC1. The zero-order valence-corrected chi connectivity index (χ0v) is 12.3. The molecule has 1 aliphatic heterocycles. The molecule has 1 aliphatic rings. The molecule has 0 bridgehead atoms. The quantitative estimate of drug-likeness (QED) is 0.455. The van der Waals surface area contributed by atoms with Crippen molar-refractivity contribution in [2.24, 2.45) is 10.7 Å². The average Bonchev–Trinajstić information content (AvgIpc) is 2.97. The number of rotatable bonds is 7. The highest BCUT2D eigenvalue weighted by Gasteiger charge is 2.09. The summed E-state index contributed by atoms with van der Waals surface area (Å²) in [6.45, 7) is 4.30. The van der Waals surface area contributed by atoms with Crippen LogP contribution < -0.4 is 5.73 Å². The molecule has 1 saturated heterocycles. The molecule has 0 aromatic heterocycles. The van der Waals surface area contributed by atoms with Gasteiger partial charge in [0, 0.05) is 13.0 Å². The van der Waals surface area contributed by atoms with E-state index in [1.807, 2.05) is 0 Å². The molecule has 0 amide bonds. The largest absolute Gasteiger partial charge is 0.478 e. The highest BCUT2D eigenvalue weighted by molar-refractivity contribution is 5.88. The van der Waals surface area contributed by atoms with Gasteiger partial charge in [0.1, 0.15) is 0 Å². The number of aliphatic imine (C=N–C) groups is 1. The summed E-state index contributed by atoms with van der Waals surface area (Å²) >= 11 is 0. The third-order valence-corrected chi connectivity index (χ3v) is 3.73. The number of carbonyl (C=O) groups is 1. The molecule has 0 saturated carbocycles. The van der Waals surface area contributed by atoms with E-state index in [4.69, 9.17) is 10.8 Å². The zero-order chi connectivity index (χ0) is 15.1. The van der Waals surface area contributed by atoms with Crippen LogP contribution >= 0.6 is 0 Å². The Morgan fingerprint density at radius 1 is 1.24 bits per heavy atom. The van der Waals surface area contributed by atoms with Crippen molar-refractivity contribution in [2.45, 2.75) is 25.7 Å². The van der Waals surface area contributed by atoms with Crippen molar-refractivity contribution in [3.63, 3.8) is 0 Å². The van der Waals surface area contributed by atoms with E-state index in [2.05, 4.69) is 9.89 Å². The molecule has 21 heavy (non-hydrogen) atoms. The summed E-state index contributed by atoms with van der Waals surface area (Å²) in [6, 6.07) is 6.77. The smallest absolute Gasteiger partial charge is 0.335 e. The Balaban J connectivity index is 1.73. The fourth-order valence-corrected chi connectivity index (χ4v) is 2.55. The molecule has 114 valence electrons. The summed E-state index contributed by atoms with van der Waals surface area (Å²) in [5.74, 6) is -0.301. The standard InChI is InChI=1S/C16H23N3O2/c17-15(18-8-3-11-19-9-1-2-10-19)12-13-4-6-14(7-5-13)16(20)21/h4-7H,1-3,8-12H2,(H2,17,18)(H,20,21). The lowest BCUT2D eigenvalue weighted by Gasteiger charge is -2.12. The second-order valence-electron chi connectivity index (χ2n) is 5.45. The number of likely N-dealkylation sites (tertiary alicyclic amines) is 1. The van der Waals surface area contributed by atoms with Crippen molar-refractivity contribution in [3.05, 3.63) is 35.4 Å². The van der Waals surface area contributed by atoms with Gasteiger partial charge in [-0.25, -0.2) is 4.79 Å². The maximum absolute atomic E-state index is 10.8. The first-order valence-corrected chi connectivity index (χ1v) is 7.48. The minimum Gasteiger partial charge on any atom is -0.478 e. The number of aromatic carboxylic acids is 1. The molecule has 5 nitrogen and oxygen atoms in total. The Labute approximate surface area is 125 Å². The van der Waals surface area contributed by atoms with E-state index in [1.54, 1.807) is 24.3 Å². The number of nitrogens with two attached hydrogens (primary N) is 1. The monoisotopic (exact) mass is 289 g/mol. The van der Waals surface area contributed by atoms with Gasteiger partial charge in [0.15, 0.2) is 0 Å². The normalized spacial score (nSPS) is 16.3. The lowest BCUT2D eigenvalue weighted by atomic mass is 10.1. The molecule has 1 aromatic carbocycles. The van der Waals surface area contributed by atoms with E-state index < -0.39 is 5.97 Å². The fraction of sp³-hybridized carbons (Fsp3) is 0.500. The first-order chi connectivity index (χ1) is 10.1. The van der Waals surface area contributed by atoms with Gasteiger partial charge in [-0.05, 0) is 56.6 Å². The van der Waals surface area contributed by atoms with E-state index in [0.29, 0.717) is 17.8 Å². The van der Waals surface area contributed by atoms with Crippen LogP contribution in [0.3, 0.4) is 0 Å². The van der Waals surface area contributed by atoms with Crippen LogP contribution in [0.5, 0.6) is 0 Å². The molecule has 0 radical (unpaired) electrons. The first kappa shape index (κ1) is 15.5. The summed E-state index contributed by atoms with van der Waals surface area (Å²) in [7, 11) is 0. The highest BCUT2D eigenvalue weighted by Crippen LogP contribution is 2.08. The van der Waals surface area contributed by atoms with Crippen LogP contribution in [0.15, 0.2) is 29.3 Å². The number of hydrogen-bond donors (Lipinski definition) is 2. The molecule has 0 atom stereocenters. The minimum absolute atomic E-state index is 0.292. The number of nitrogens with zero attached hydrogens (tertiary/aromatic N) is 2. The Morgan fingerprint density at radius 2 is 1.90 bits per heavy atom. The van der Waals surface area contributed by atoms with Gasteiger partial charge < -0.3 is 15.7 Å². The summed E-state index contributed by atoms with van der Waals surface area (Å²) in [5, 5.41) is 8.84. The molecule has 5 heteroatoms. The maximum Gasteiger partial charge on any atom is 0.335 e. The second-order valence-corrected chi connectivity index (χ2v) is 5.45. The van der Waals surface area contributed by atoms with E-state index in [9.17, 15) is 4.79 Å². The molecule has 1 fully saturated rings. The summed E-state index contributed by atoms with van der Waals surface area (Å²) < 4.78 is 0. The summed E-state index contributed by atoms with van der Waals surface area (Å²) in [5.41, 5.74) is 7.20. The van der Waals surface area contributed by atoms with Crippen molar-refractivity contribution in [3.8, 4) is 0 Å². The first-order valence-electron chi connectivity index (χ1n) is 7.48. The topological polar surface area (TPSA) is 78.9 Å². The van der Waals surface area contributed by atoms with Crippen LogP contribution in [0.25, 0.3) is 0 Å². The van der Waals surface area contributed by atoms with Gasteiger partial charge in [0.2, 0.25) is 0 Å². The van der Waals surface area contributed by atoms with Gasteiger partial charge in [-0.15, -0.1) is 0 Å². The van der Waals surface area contributed by atoms with Crippen molar-refractivity contribution in [2.75, 3.05) is 26.2 Å². The van der Waals surface area contributed by atoms with Gasteiger partial charge in [0.05, 0.1) is 11.4 Å². The predicted molar refractivity (Wildman–Crippen MR) is 83.9 cm³/mol. The molecule has 2 rings (SSSR count). The minimum atomic E-state index is -0.912. The third-order valence-electron chi connectivity index (χ3n) is 3.73. The van der Waals surface area contributed by atoms with Crippen molar-refractivity contribution < 1.29 is 9.90 Å². The van der Waals surface area contributed by atoms with E-state index in [1.165, 1.54) is 25.9 Å². The molecule has 1 heterocycles. The maximum atomic E-state index is 10.8. The molecule has 0 aliphatic carbocycles. The number of carboxylic acids is 1. The van der Waals surface area contributed by atoms with Crippen molar-refractivity contribution >= 4 is 11.8 Å². The third kappa shape index (κ3) is 5.19. The van der Waals surface area contributed by atoms with Crippen LogP contribution in [0, 0.1) is 0 Å². The van der Waals surface area contributed by atoms with Crippen molar-refractivity contribution in [1.82, 2.24) is 4.90 Å². The number of carboxylic acid groups (broad SMARTS) is 1. The zero-order valence-electron chi connectivity index (χ0n) is 12.3. The fourth-order valence-electron chi connectivity index (χ4n) is 2.55. The molecular weight excluding hydrogens is 266 g/mol. The van der Waals surface area contributed by atoms with Crippen LogP contribution in [-0.2, 0) is 6.42 Å². The Hall–Kier alpha value is -1.88. The summed E-state index contributed by atoms with van der Waals surface area (Å²) in [4.78, 5) is 17.6. The van der Waals surface area contributed by atoms with Crippen LogP contribution in [0.1, 0.15) is 35.2 Å². The van der Waals surface area contributed by atoms with Crippen LogP contribution in [0.2, 0.25) is 0 Å². The molecule has 0 spiro atoms. The van der Waals surface area contributed by atoms with Gasteiger partial charge in [0.25, 0.3) is 0 Å². The predicted octanol–water partition coefficient (Wildman–Crippen LogP) is 1.77. The van der Waals surface area contributed by atoms with Gasteiger partial charge in [-0.3, -0.25) is 4.99 Å². The lowest BCUT2D eigenvalue weighted by Crippen LogP contribution is -2.21. The van der Waals surface area contributed by atoms with E-state index in [0.717, 1.165) is 25.1 Å². The van der Waals surface area contributed by atoms with Crippen molar-refractivity contribution in [1.29, 1.82) is 0 Å². The summed E-state index contributed by atoms with van der Waals surface area (Å²) in [6.07, 6.45) is 4.25. The number of amidine groups is 1. The number of benzene rings is 1. The van der Waals surface area contributed by atoms with Gasteiger partial charge >= 0.3 is 5.97 Å². The number of hydrogen-bond acceptors (Lipinski definition) is 3. The molecular formula is C16H23N3O2. The van der Waals surface area contributed by atoms with Crippen LogP contribution in [0.4, 0.5) is 0 Å². The van der Waals surface area contributed by atoms with E-state index in [-0.39, 0.29) is 0 Å². The Bertz CT molecular complexity index is 491. The van der Waals surface area contributed by atoms with Crippen LogP contribution in [-0.4, -0.2) is 48.0 Å². The Kier molecular flexibility index (Phi) is 5.75. The second kappa shape index (κ2) is 7.78. The van der Waals surface area contributed by atoms with Gasteiger partial charge in [-0.1, -0.05) is 12.1 Å². The van der Waals surface area contributed by atoms with Gasteiger partial charge in [-0.2, -0.15) is 0 Å². The molecule has 0 unspecified atom stereocenters. The molecule has 3 N–H and O–H groups in total. The average molecular weight is 289 g/mol. The van der Waals surface area contributed by atoms with E-state index >= 15 is 0 Å². The lowest BCUT2D eigenvalue weighted by molar-refractivity contribution is 0.0697. The molecule has 1 aromatic rings.